The summed E-state index contributed by atoms with van der Waals surface area (Å²) in [6, 6.07) is 12.9. The molecule has 0 spiro atoms. The van der Waals surface area contributed by atoms with Crippen molar-refractivity contribution in [3.63, 3.8) is 0 Å². The lowest BCUT2D eigenvalue weighted by Crippen LogP contribution is -1.96. The van der Waals surface area contributed by atoms with Gasteiger partial charge in [-0.05, 0) is 28.8 Å². The highest BCUT2D eigenvalue weighted by molar-refractivity contribution is 6.07. The molecule has 1 atom stereocenters. The van der Waals surface area contributed by atoms with E-state index in [1.807, 2.05) is 30.3 Å². The first-order chi connectivity index (χ1) is 10.7. The molecular weight excluding hydrogens is 278 g/mol. The zero-order valence-electron chi connectivity index (χ0n) is 11.6. The number of hydrogen-bond acceptors (Lipinski definition) is 2. The second kappa shape index (κ2) is 4.58. The Morgan fingerprint density at radius 2 is 1.86 bits per heavy atom. The van der Waals surface area contributed by atoms with E-state index in [2.05, 4.69) is 4.98 Å². The molecule has 0 radical (unpaired) electrons. The van der Waals surface area contributed by atoms with E-state index in [1.165, 1.54) is 0 Å². The second-order valence-electron chi connectivity index (χ2n) is 5.35. The fourth-order valence-electron chi connectivity index (χ4n) is 3.13. The zero-order chi connectivity index (χ0) is 15.3. The third-order valence-corrected chi connectivity index (χ3v) is 4.13. The van der Waals surface area contributed by atoms with Gasteiger partial charge in [0.05, 0.1) is 17.2 Å². The Morgan fingerprint density at radius 1 is 1.05 bits per heavy atom. The van der Waals surface area contributed by atoms with E-state index < -0.39 is 12.1 Å². The average molecular weight is 291 g/mol. The summed E-state index contributed by atoms with van der Waals surface area (Å²) in [7, 11) is 0. The number of aliphatic hydroxyl groups is 1. The summed E-state index contributed by atoms with van der Waals surface area (Å²) < 4.78 is 0. The summed E-state index contributed by atoms with van der Waals surface area (Å²) in [5, 5.41) is 20.3. The average Bonchev–Trinajstić information content (AvgIpc) is 3.09. The quantitative estimate of drug-likeness (QED) is 0.678. The maximum atomic E-state index is 11.3. The number of carboxylic acids is 1. The van der Waals surface area contributed by atoms with E-state index in [0.29, 0.717) is 5.52 Å². The van der Waals surface area contributed by atoms with Crippen LogP contribution in [0.4, 0.5) is 0 Å². The minimum atomic E-state index is -0.958. The number of aromatic amines is 1. The third kappa shape index (κ3) is 1.71. The van der Waals surface area contributed by atoms with Gasteiger partial charge < -0.3 is 15.2 Å². The molecule has 1 unspecified atom stereocenters. The van der Waals surface area contributed by atoms with Crippen LogP contribution in [0.15, 0.2) is 54.7 Å². The minimum absolute atomic E-state index is 0.246. The molecule has 1 aliphatic carbocycles. The van der Waals surface area contributed by atoms with Crippen LogP contribution in [0.3, 0.4) is 0 Å². The first-order valence-corrected chi connectivity index (χ1v) is 7.00. The molecule has 1 aromatic heterocycles. The predicted octanol–water partition coefficient (Wildman–Crippen LogP) is 3.34. The van der Waals surface area contributed by atoms with Gasteiger partial charge in [0.1, 0.15) is 0 Å². The maximum Gasteiger partial charge on any atom is 0.337 e. The normalized spacial score (nSPS) is 16.6. The largest absolute Gasteiger partial charge is 0.478 e. The number of aromatic nitrogens is 1. The number of H-pyrrole nitrogens is 1. The number of carbonyl (C=O) groups is 1. The van der Waals surface area contributed by atoms with Gasteiger partial charge in [0.25, 0.3) is 0 Å². The molecule has 3 aromatic rings. The van der Waals surface area contributed by atoms with E-state index in [1.54, 1.807) is 24.4 Å². The van der Waals surface area contributed by atoms with Crippen LogP contribution >= 0.6 is 0 Å². The van der Waals surface area contributed by atoms with Crippen molar-refractivity contribution in [3.05, 3.63) is 77.0 Å². The number of nitrogens with one attached hydrogen (secondary N) is 1. The van der Waals surface area contributed by atoms with Crippen molar-refractivity contribution < 1.29 is 15.0 Å². The summed E-state index contributed by atoms with van der Waals surface area (Å²) in [6.45, 7) is 0. The van der Waals surface area contributed by atoms with E-state index in [-0.39, 0.29) is 5.56 Å². The molecule has 3 N–H and O–H groups in total. The molecule has 2 aromatic carbocycles. The van der Waals surface area contributed by atoms with Crippen molar-refractivity contribution in [1.29, 1.82) is 0 Å². The summed E-state index contributed by atoms with van der Waals surface area (Å²) in [5.41, 5.74) is 4.54. The molecule has 1 heterocycles. The molecule has 0 saturated carbocycles. The molecule has 0 aliphatic heterocycles. The van der Waals surface area contributed by atoms with Crippen molar-refractivity contribution in [2.75, 3.05) is 0 Å². The van der Waals surface area contributed by atoms with Crippen LogP contribution in [-0.4, -0.2) is 21.2 Å². The summed E-state index contributed by atoms with van der Waals surface area (Å²) in [6.07, 6.45) is 2.98. The fraction of sp³-hybridized carbons (Fsp3) is 0.0556. The number of aromatic carboxylic acids is 1. The first kappa shape index (κ1) is 12.9. The Labute approximate surface area is 126 Å². The molecule has 108 valence electrons. The predicted molar refractivity (Wildman–Crippen MR) is 83.7 cm³/mol. The number of fused-ring (bicyclic) bond motifs is 2. The van der Waals surface area contributed by atoms with Crippen molar-refractivity contribution >= 4 is 22.4 Å². The van der Waals surface area contributed by atoms with Crippen molar-refractivity contribution in [3.8, 4) is 0 Å². The van der Waals surface area contributed by atoms with Gasteiger partial charge in [-0.25, -0.2) is 4.79 Å². The smallest absolute Gasteiger partial charge is 0.337 e. The van der Waals surface area contributed by atoms with Gasteiger partial charge in [0, 0.05) is 17.1 Å². The summed E-state index contributed by atoms with van der Waals surface area (Å²) in [4.78, 5) is 14.4. The molecular formula is C18H13NO3. The van der Waals surface area contributed by atoms with Crippen LogP contribution in [-0.2, 0) is 0 Å². The minimum Gasteiger partial charge on any atom is -0.478 e. The summed E-state index contributed by atoms with van der Waals surface area (Å²) >= 11 is 0. The Bertz CT molecular complexity index is 936. The van der Waals surface area contributed by atoms with Crippen molar-refractivity contribution in [2.24, 2.45) is 0 Å². The van der Waals surface area contributed by atoms with E-state index in [9.17, 15) is 15.0 Å². The molecule has 4 rings (SSSR count). The standard InChI is InChI=1S/C18H13NO3/c20-16-8-14(10-4-1-2-5-11(10)16)15-9-19-17-12(15)6-3-7-13(17)18(21)22/h1-9,16,19-20H,(H,21,22). The number of rotatable bonds is 2. The monoisotopic (exact) mass is 291 g/mol. The van der Waals surface area contributed by atoms with Gasteiger partial charge in [-0.2, -0.15) is 0 Å². The topological polar surface area (TPSA) is 73.3 Å². The molecule has 4 heteroatoms. The molecule has 4 nitrogen and oxygen atoms in total. The molecule has 0 saturated heterocycles. The lowest BCUT2D eigenvalue weighted by molar-refractivity contribution is 0.0699. The number of aliphatic hydroxyl groups excluding tert-OH is 1. The summed E-state index contributed by atoms with van der Waals surface area (Å²) in [5.74, 6) is -0.958. The van der Waals surface area contributed by atoms with Gasteiger partial charge in [-0.15, -0.1) is 0 Å². The van der Waals surface area contributed by atoms with Crippen LogP contribution < -0.4 is 0 Å². The number of para-hydroxylation sites is 1. The SMILES string of the molecule is O=C(O)c1cccc2c(C3=CC(O)c4ccccc43)c[nH]c12. The van der Waals surface area contributed by atoms with Crippen molar-refractivity contribution in [1.82, 2.24) is 4.98 Å². The van der Waals surface area contributed by atoms with E-state index in [4.69, 9.17) is 0 Å². The highest BCUT2D eigenvalue weighted by Crippen LogP contribution is 2.40. The van der Waals surface area contributed by atoms with Gasteiger partial charge in [0.2, 0.25) is 0 Å². The highest BCUT2D eigenvalue weighted by Gasteiger charge is 2.24. The van der Waals surface area contributed by atoms with Crippen molar-refractivity contribution in [2.45, 2.75) is 6.10 Å². The van der Waals surface area contributed by atoms with Gasteiger partial charge >= 0.3 is 5.97 Å². The highest BCUT2D eigenvalue weighted by atomic mass is 16.4. The van der Waals surface area contributed by atoms with Crippen LogP contribution in [0, 0.1) is 0 Å². The number of hydrogen-bond donors (Lipinski definition) is 3. The Hall–Kier alpha value is -2.85. The first-order valence-electron chi connectivity index (χ1n) is 7.00. The molecule has 0 bridgehead atoms. The second-order valence-corrected chi connectivity index (χ2v) is 5.35. The van der Waals surface area contributed by atoms with Gasteiger partial charge in [0.15, 0.2) is 0 Å². The van der Waals surface area contributed by atoms with Gasteiger partial charge in [-0.3, -0.25) is 0 Å². The van der Waals surface area contributed by atoms with E-state index >= 15 is 0 Å². The molecule has 1 aliphatic rings. The van der Waals surface area contributed by atoms with Crippen LogP contribution in [0.25, 0.3) is 16.5 Å². The van der Waals surface area contributed by atoms with Crippen LogP contribution in [0.5, 0.6) is 0 Å². The Kier molecular flexibility index (Phi) is 2.68. The van der Waals surface area contributed by atoms with Crippen LogP contribution in [0.1, 0.15) is 33.2 Å². The molecule has 0 amide bonds. The fourth-order valence-corrected chi connectivity index (χ4v) is 3.13. The lowest BCUT2D eigenvalue weighted by atomic mass is 9.98. The molecule has 22 heavy (non-hydrogen) atoms. The van der Waals surface area contributed by atoms with E-state index in [0.717, 1.165) is 27.6 Å². The number of benzene rings is 2. The molecule has 0 fully saturated rings. The number of carboxylic acid groups (broad SMARTS) is 1. The zero-order valence-corrected chi connectivity index (χ0v) is 11.6. The maximum absolute atomic E-state index is 11.3. The Morgan fingerprint density at radius 3 is 2.68 bits per heavy atom. The third-order valence-electron chi connectivity index (χ3n) is 4.13. The van der Waals surface area contributed by atoms with Crippen LogP contribution in [0.2, 0.25) is 0 Å². The van der Waals surface area contributed by atoms with Gasteiger partial charge in [-0.1, -0.05) is 36.4 Å². The Balaban J connectivity index is 1.96. The lowest BCUT2D eigenvalue weighted by Gasteiger charge is -2.05.